The zero-order chi connectivity index (χ0) is 12.6. The van der Waals surface area contributed by atoms with E-state index in [0.29, 0.717) is 12.8 Å². The van der Waals surface area contributed by atoms with E-state index in [9.17, 15) is 9.59 Å². The molecule has 3 atom stereocenters. The van der Waals surface area contributed by atoms with Crippen molar-refractivity contribution >= 4 is 11.8 Å². The molecule has 0 saturated heterocycles. The monoisotopic (exact) mass is 238 g/mol. The Balaban J connectivity index is 2.06. The summed E-state index contributed by atoms with van der Waals surface area (Å²) < 4.78 is 11.0. The van der Waals surface area contributed by atoms with Crippen molar-refractivity contribution in [3.8, 4) is 0 Å². The molecule has 0 aromatic rings. The van der Waals surface area contributed by atoms with Crippen LogP contribution in [0.1, 0.15) is 33.6 Å². The second kappa shape index (κ2) is 4.26. The largest absolute Gasteiger partial charge is 0.455 e. The molecule has 0 amide bonds. The number of carbonyl (C=O) groups is 2. The highest BCUT2D eigenvalue weighted by atomic mass is 16.6. The molecule has 0 aromatic heterocycles. The number of hydrogen-bond acceptors (Lipinski definition) is 4. The molecule has 0 N–H and O–H groups in total. The SMILES string of the molecule is CC(C)(C)O[C@@H]1CC(=O)C[C@@H]1[C@H]1C=CC(=O)O1. The predicted octanol–water partition coefficient (Wildman–Crippen LogP) is 1.63. The van der Waals surface area contributed by atoms with E-state index in [1.54, 1.807) is 6.08 Å². The summed E-state index contributed by atoms with van der Waals surface area (Å²) in [5.41, 5.74) is -0.292. The van der Waals surface area contributed by atoms with Crippen molar-refractivity contribution in [2.45, 2.75) is 51.4 Å². The molecule has 1 saturated carbocycles. The Morgan fingerprint density at radius 1 is 1.29 bits per heavy atom. The molecule has 0 radical (unpaired) electrons. The van der Waals surface area contributed by atoms with Crippen LogP contribution in [-0.2, 0) is 19.1 Å². The number of ketones is 1. The third-order valence-electron chi connectivity index (χ3n) is 2.97. The van der Waals surface area contributed by atoms with Gasteiger partial charge in [0.15, 0.2) is 0 Å². The highest BCUT2D eigenvalue weighted by Crippen LogP contribution is 2.34. The molecule has 94 valence electrons. The number of hydrogen-bond donors (Lipinski definition) is 0. The maximum absolute atomic E-state index is 11.5. The number of Topliss-reactive ketones (excluding diaryl/α,β-unsaturated/α-hetero) is 1. The van der Waals surface area contributed by atoms with Gasteiger partial charge in [0, 0.05) is 24.8 Å². The highest BCUT2D eigenvalue weighted by molar-refractivity contribution is 5.85. The maximum atomic E-state index is 11.5. The summed E-state index contributed by atoms with van der Waals surface area (Å²) in [6.45, 7) is 5.88. The number of cyclic esters (lactones) is 1. The zero-order valence-electron chi connectivity index (χ0n) is 10.4. The lowest BCUT2D eigenvalue weighted by molar-refractivity contribution is -0.145. The number of carbonyl (C=O) groups excluding carboxylic acids is 2. The van der Waals surface area contributed by atoms with Crippen LogP contribution in [0.25, 0.3) is 0 Å². The van der Waals surface area contributed by atoms with Gasteiger partial charge in [0.2, 0.25) is 0 Å². The Kier molecular flexibility index (Phi) is 3.08. The second-order valence-corrected chi connectivity index (χ2v) is 5.64. The van der Waals surface area contributed by atoms with Gasteiger partial charge in [0.25, 0.3) is 0 Å². The van der Waals surface area contributed by atoms with Crippen LogP contribution < -0.4 is 0 Å². The molecule has 1 aliphatic heterocycles. The highest BCUT2D eigenvalue weighted by Gasteiger charge is 2.42. The molecule has 1 aliphatic carbocycles. The summed E-state index contributed by atoms with van der Waals surface area (Å²) in [5, 5.41) is 0. The van der Waals surface area contributed by atoms with Crippen molar-refractivity contribution in [3.05, 3.63) is 12.2 Å². The van der Waals surface area contributed by atoms with E-state index in [0.717, 1.165) is 0 Å². The van der Waals surface area contributed by atoms with Crippen molar-refractivity contribution in [3.63, 3.8) is 0 Å². The van der Waals surface area contributed by atoms with Crippen LogP contribution in [0.3, 0.4) is 0 Å². The summed E-state index contributed by atoms with van der Waals surface area (Å²) >= 11 is 0. The standard InChI is InChI=1S/C13H18O4/c1-13(2,3)17-11-7-8(14)6-9(11)10-4-5-12(15)16-10/h4-5,9-11H,6-7H2,1-3H3/t9-,10-,11-/m1/s1. The van der Waals surface area contributed by atoms with Crippen LogP contribution in [0.15, 0.2) is 12.2 Å². The molecule has 4 nitrogen and oxygen atoms in total. The van der Waals surface area contributed by atoms with E-state index >= 15 is 0 Å². The van der Waals surface area contributed by atoms with Gasteiger partial charge in [-0.05, 0) is 26.8 Å². The van der Waals surface area contributed by atoms with E-state index in [4.69, 9.17) is 9.47 Å². The summed E-state index contributed by atoms with van der Waals surface area (Å²) in [5.74, 6) is -0.186. The van der Waals surface area contributed by atoms with Crippen LogP contribution in [0.5, 0.6) is 0 Å². The molecule has 17 heavy (non-hydrogen) atoms. The van der Waals surface area contributed by atoms with E-state index < -0.39 is 0 Å². The molecule has 0 bridgehead atoms. The molecule has 2 aliphatic rings. The summed E-state index contributed by atoms with van der Waals surface area (Å²) in [6.07, 6.45) is 3.54. The van der Waals surface area contributed by atoms with Gasteiger partial charge in [-0.1, -0.05) is 0 Å². The summed E-state index contributed by atoms with van der Waals surface area (Å²) in [4.78, 5) is 22.6. The van der Waals surface area contributed by atoms with Crippen molar-refractivity contribution in [2.24, 2.45) is 5.92 Å². The summed E-state index contributed by atoms with van der Waals surface area (Å²) in [6, 6.07) is 0. The molecule has 4 heteroatoms. The van der Waals surface area contributed by atoms with E-state index in [1.165, 1.54) is 6.08 Å². The van der Waals surface area contributed by atoms with Crippen molar-refractivity contribution in [1.29, 1.82) is 0 Å². The Bertz CT molecular complexity index is 364. The lowest BCUT2D eigenvalue weighted by Crippen LogP contribution is -2.35. The minimum atomic E-state index is -0.330. The Hall–Kier alpha value is -1.16. The van der Waals surface area contributed by atoms with Crippen LogP contribution >= 0.6 is 0 Å². The maximum Gasteiger partial charge on any atom is 0.331 e. The third-order valence-corrected chi connectivity index (χ3v) is 2.97. The molecular weight excluding hydrogens is 220 g/mol. The lowest BCUT2D eigenvalue weighted by Gasteiger charge is -2.30. The fourth-order valence-corrected chi connectivity index (χ4v) is 2.38. The van der Waals surface area contributed by atoms with Crippen LogP contribution in [0.2, 0.25) is 0 Å². The fraction of sp³-hybridized carbons (Fsp3) is 0.692. The Morgan fingerprint density at radius 2 is 2.00 bits per heavy atom. The van der Waals surface area contributed by atoms with Gasteiger partial charge >= 0.3 is 5.97 Å². The fourth-order valence-electron chi connectivity index (χ4n) is 2.38. The lowest BCUT2D eigenvalue weighted by atomic mass is 9.98. The van der Waals surface area contributed by atoms with Crippen LogP contribution in [-0.4, -0.2) is 29.6 Å². The van der Waals surface area contributed by atoms with Gasteiger partial charge in [-0.3, -0.25) is 4.79 Å². The van der Waals surface area contributed by atoms with Gasteiger partial charge in [-0.2, -0.15) is 0 Å². The molecule has 1 fully saturated rings. The van der Waals surface area contributed by atoms with Crippen molar-refractivity contribution in [2.75, 3.05) is 0 Å². The smallest absolute Gasteiger partial charge is 0.331 e. The van der Waals surface area contributed by atoms with Crippen molar-refractivity contribution in [1.82, 2.24) is 0 Å². The van der Waals surface area contributed by atoms with Crippen LogP contribution in [0, 0.1) is 5.92 Å². The topological polar surface area (TPSA) is 52.6 Å². The molecule has 2 rings (SSSR count). The third kappa shape index (κ3) is 2.94. The Labute approximate surface area is 101 Å². The summed E-state index contributed by atoms with van der Waals surface area (Å²) in [7, 11) is 0. The molecule has 0 spiro atoms. The zero-order valence-corrected chi connectivity index (χ0v) is 10.4. The minimum absolute atomic E-state index is 0.0376. The van der Waals surface area contributed by atoms with Gasteiger partial charge in [0.05, 0.1) is 11.7 Å². The van der Waals surface area contributed by atoms with Gasteiger partial charge < -0.3 is 9.47 Å². The molecule has 0 aromatic carbocycles. The normalized spacial score (nSPS) is 33.2. The van der Waals surface area contributed by atoms with E-state index in [1.807, 2.05) is 20.8 Å². The molecule has 1 heterocycles. The number of rotatable bonds is 2. The Morgan fingerprint density at radius 3 is 2.53 bits per heavy atom. The first-order chi connectivity index (χ1) is 7.85. The molecule has 0 unspecified atom stereocenters. The predicted molar refractivity (Wildman–Crippen MR) is 61.4 cm³/mol. The van der Waals surface area contributed by atoms with E-state index in [-0.39, 0.29) is 35.5 Å². The second-order valence-electron chi connectivity index (χ2n) is 5.64. The number of ether oxygens (including phenoxy) is 2. The minimum Gasteiger partial charge on any atom is -0.455 e. The van der Waals surface area contributed by atoms with Gasteiger partial charge in [0.1, 0.15) is 11.9 Å². The van der Waals surface area contributed by atoms with Gasteiger partial charge in [-0.15, -0.1) is 0 Å². The van der Waals surface area contributed by atoms with Crippen LogP contribution in [0.4, 0.5) is 0 Å². The first kappa shape index (κ1) is 12.3. The van der Waals surface area contributed by atoms with Gasteiger partial charge in [-0.25, -0.2) is 4.79 Å². The number of esters is 1. The van der Waals surface area contributed by atoms with Crippen molar-refractivity contribution < 1.29 is 19.1 Å². The first-order valence-electron chi connectivity index (χ1n) is 5.93. The van der Waals surface area contributed by atoms with E-state index in [2.05, 4.69) is 0 Å². The average Bonchev–Trinajstić information content (AvgIpc) is 2.70. The average molecular weight is 238 g/mol. The quantitative estimate of drug-likeness (QED) is 0.686. The molecular formula is C13H18O4. The first-order valence-corrected chi connectivity index (χ1v) is 5.93.